The number of rotatable bonds is 7. The van der Waals surface area contributed by atoms with E-state index in [1.807, 2.05) is 6.07 Å². The number of methoxy groups -OCH3 is 1. The van der Waals surface area contributed by atoms with Gasteiger partial charge in [0.1, 0.15) is 5.75 Å². The molecule has 0 aliphatic heterocycles. The highest BCUT2D eigenvalue weighted by Gasteiger charge is 2.07. The molecule has 0 saturated carbocycles. The Morgan fingerprint density at radius 3 is 2.59 bits per heavy atom. The van der Waals surface area contributed by atoms with Gasteiger partial charge in [0.2, 0.25) is 0 Å². The van der Waals surface area contributed by atoms with E-state index in [0.29, 0.717) is 11.5 Å². The van der Waals surface area contributed by atoms with E-state index in [1.54, 1.807) is 18.2 Å². The third-order valence-corrected chi connectivity index (χ3v) is 3.11. The molecule has 0 amide bonds. The van der Waals surface area contributed by atoms with Crippen molar-refractivity contribution in [1.82, 2.24) is 0 Å². The summed E-state index contributed by atoms with van der Waals surface area (Å²) < 4.78 is 21.7. The summed E-state index contributed by atoms with van der Waals surface area (Å²) in [6, 6.07) is 7.10. The van der Waals surface area contributed by atoms with Gasteiger partial charge in [-0.05, 0) is 12.1 Å². The van der Waals surface area contributed by atoms with E-state index in [9.17, 15) is 9.00 Å². The van der Waals surface area contributed by atoms with Crippen molar-refractivity contribution < 1.29 is 23.6 Å². The van der Waals surface area contributed by atoms with E-state index >= 15 is 0 Å². The topological polar surface area (TPSA) is 72.8 Å². The second-order valence-electron chi connectivity index (χ2n) is 3.18. The van der Waals surface area contributed by atoms with Gasteiger partial charge in [0.25, 0.3) is 0 Å². The third-order valence-electron chi connectivity index (χ3n) is 1.92. The SMILES string of the molecule is COc1ccccc1OCCS(=O)CC(=O)O. The van der Waals surface area contributed by atoms with E-state index in [-0.39, 0.29) is 18.1 Å². The zero-order chi connectivity index (χ0) is 12.7. The van der Waals surface area contributed by atoms with E-state index in [0.717, 1.165) is 0 Å². The van der Waals surface area contributed by atoms with Gasteiger partial charge in [-0.1, -0.05) is 12.1 Å². The molecule has 0 radical (unpaired) electrons. The minimum Gasteiger partial charge on any atom is -0.493 e. The minimum atomic E-state index is -1.40. The van der Waals surface area contributed by atoms with Crippen LogP contribution in [-0.2, 0) is 15.6 Å². The van der Waals surface area contributed by atoms with E-state index in [4.69, 9.17) is 14.6 Å². The summed E-state index contributed by atoms with van der Waals surface area (Å²) >= 11 is 0. The smallest absolute Gasteiger partial charge is 0.316 e. The van der Waals surface area contributed by atoms with Crippen LogP contribution in [0.2, 0.25) is 0 Å². The highest BCUT2D eigenvalue weighted by Crippen LogP contribution is 2.25. The molecule has 17 heavy (non-hydrogen) atoms. The summed E-state index contributed by atoms with van der Waals surface area (Å²) in [5, 5.41) is 8.43. The fraction of sp³-hybridized carbons (Fsp3) is 0.364. The first-order valence-electron chi connectivity index (χ1n) is 4.96. The van der Waals surface area contributed by atoms with Gasteiger partial charge in [-0.15, -0.1) is 0 Å². The molecule has 94 valence electrons. The number of hydrogen-bond acceptors (Lipinski definition) is 4. The number of carboxylic acids is 1. The van der Waals surface area contributed by atoms with Crippen LogP contribution in [0.4, 0.5) is 0 Å². The highest BCUT2D eigenvalue weighted by atomic mass is 32.2. The lowest BCUT2D eigenvalue weighted by atomic mass is 10.3. The maximum atomic E-state index is 11.2. The number of benzene rings is 1. The molecule has 0 saturated heterocycles. The van der Waals surface area contributed by atoms with Crippen molar-refractivity contribution in [2.45, 2.75) is 0 Å². The zero-order valence-corrected chi connectivity index (χ0v) is 10.2. The molecular weight excluding hydrogens is 244 g/mol. The summed E-state index contributed by atoms with van der Waals surface area (Å²) in [7, 11) is 0.135. The van der Waals surface area contributed by atoms with E-state index in [2.05, 4.69) is 0 Å². The predicted molar refractivity (Wildman–Crippen MR) is 64.0 cm³/mol. The number of aliphatic carboxylic acids is 1. The second kappa shape index (κ2) is 6.90. The van der Waals surface area contributed by atoms with Crippen molar-refractivity contribution >= 4 is 16.8 Å². The largest absolute Gasteiger partial charge is 0.493 e. The van der Waals surface area contributed by atoms with Crippen molar-refractivity contribution in [2.24, 2.45) is 0 Å². The second-order valence-corrected chi connectivity index (χ2v) is 4.76. The van der Waals surface area contributed by atoms with Crippen molar-refractivity contribution in [3.8, 4) is 11.5 Å². The first-order valence-corrected chi connectivity index (χ1v) is 6.45. The third kappa shape index (κ3) is 4.86. The van der Waals surface area contributed by atoms with Crippen LogP contribution in [0.15, 0.2) is 24.3 Å². The Hall–Kier alpha value is -1.56. The molecule has 0 aliphatic rings. The molecule has 1 atom stereocenters. The summed E-state index contributed by atoms with van der Waals surface area (Å²) in [6.45, 7) is 0.195. The van der Waals surface area contributed by atoms with Gasteiger partial charge in [0, 0.05) is 10.8 Å². The standard InChI is InChI=1S/C11H14O5S/c1-15-9-4-2-3-5-10(9)16-6-7-17(14)8-11(12)13/h2-5H,6-8H2,1H3,(H,12,13). The van der Waals surface area contributed by atoms with E-state index in [1.165, 1.54) is 7.11 Å². The molecule has 0 aliphatic carbocycles. The molecule has 0 fully saturated rings. The lowest BCUT2D eigenvalue weighted by molar-refractivity contribution is -0.133. The summed E-state index contributed by atoms with van der Waals surface area (Å²) in [5.41, 5.74) is 0. The Kier molecular flexibility index (Phi) is 5.48. The molecule has 1 rings (SSSR count). The van der Waals surface area contributed by atoms with Crippen LogP contribution in [0, 0.1) is 0 Å². The van der Waals surface area contributed by atoms with Crippen LogP contribution in [-0.4, -0.2) is 40.5 Å². The fourth-order valence-electron chi connectivity index (χ4n) is 1.19. The molecular formula is C11H14O5S. The number of carbonyl (C=O) groups is 1. The van der Waals surface area contributed by atoms with Crippen LogP contribution < -0.4 is 9.47 Å². The number of ether oxygens (including phenoxy) is 2. The molecule has 0 heterocycles. The molecule has 5 nitrogen and oxygen atoms in total. The maximum Gasteiger partial charge on any atom is 0.316 e. The Bertz CT molecular complexity index is 405. The quantitative estimate of drug-likeness (QED) is 0.787. The van der Waals surface area contributed by atoms with Crippen LogP contribution in [0.25, 0.3) is 0 Å². The Morgan fingerprint density at radius 2 is 2.00 bits per heavy atom. The first-order chi connectivity index (χ1) is 8.13. The van der Waals surface area contributed by atoms with Crippen LogP contribution in [0.1, 0.15) is 0 Å². The van der Waals surface area contributed by atoms with Crippen LogP contribution >= 0.6 is 0 Å². The zero-order valence-electron chi connectivity index (χ0n) is 9.42. The average Bonchev–Trinajstić information content (AvgIpc) is 2.28. The molecule has 1 aromatic rings. The van der Waals surface area contributed by atoms with Gasteiger partial charge in [-0.3, -0.25) is 9.00 Å². The first kappa shape index (κ1) is 13.5. The van der Waals surface area contributed by atoms with Crippen LogP contribution in [0.3, 0.4) is 0 Å². The van der Waals surface area contributed by atoms with Gasteiger partial charge in [0.05, 0.1) is 19.5 Å². The molecule has 0 aromatic heterocycles. The van der Waals surface area contributed by atoms with Crippen molar-refractivity contribution in [1.29, 1.82) is 0 Å². The summed E-state index contributed by atoms with van der Waals surface area (Å²) in [5.74, 6) is -0.0842. The average molecular weight is 258 g/mol. The molecule has 1 unspecified atom stereocenters. The van der Waals surface area contributed by atoms with Gasteiger partial charge in [0.15, 0.2) is 11.5 Å². The van der Waals surface area contributed by atoms with E-state index < -0.39 is 16.8 Å². The lowest BCUT2D eigenvalue weighted by Crippen LogP contribution is -2.16. The number of para-hydroxylation sites is 2. The molecule has 1 N–H and O–H groups in total. The minimum absolute atomic E-state index is 0.185. The summed E-state index contributed by atoms with van der Waals surface area (Å²) in [4.78, 5) is 10.3. The molecule has 0 spiro atoms. The Morgan fingerprint density at radius 1 is 1.35 bits per heavy atom. The molecule has 1 aromatic carbocycles. The van der Waals surface area contributed by atoms with Crippen LogP contribution in [0.5, 0.6) is 11.5 Å². The van der Waals surface area contributed by atoms with Gasteiger partial charge in [-0.25, -0.2) is 0 Å². The summed E-state index contributed by atoms with van der Waals surface area (Å²) in [6.07, 6.45) is 0. The van der Waals surface area contributed by atoms with Gasteiger partial charge < -0.3 is 14.6 Å². The highest BCUT2D eigenvalue weighted by molar-refractivity contribution is 7.85. The van der Waals surface area contributed by atoms with Crippen molar-refractivity contribution in [3.05, 3.63) is 24.3 Å². The molecule has 0 bridgehead atoms. The lowest BCUT2D eigenvalue weighted by Gasteiger charge is -2.09. The fourth-order valence-corrected chi connectivity index (χ4v) is 1.88. The van der Waals surface area contributed by atoms with Crippen molar-refractivity contribution in [3.63, 3.8) is 0 Å². The maximum absolute atomic E-state index is 11.2. The van der Waals surface area contributed by atoms with Gasteiger partial charge >= 0.3 is 5.97 Å². The van der Waals surface area contributed by atoms with Gasteiger partial charge in [-0.2, -0.15) is 0 Å². The van der Waals surface area contributed by atoms with Crippen molar-refractivity contribution in [2.75, 3.05) is 25.2 Å². The molecule has 6 heteroatoms. The number of hydrogen-bond donors (Lipinski definition) is 1. The Labute approximate surface area is 102 Å². The predicted octanol–water partition coefficient (Wildman–Crippen LogP) is 0.907. The number of carboxylic acid groups (broad SMARTS) is 1. The monoisotopic (exact) mass is 258 g/mol. The normalized spacial score (nSPS) is 11.8. The Balaban J connectivity index is 2.40.